The molecule has 0 saturated carbocycles. The maximum atomic E-state index is 9.13. The lowest BCUT2D eigenvalue weighted by Crippen LogP contribution is -2.41. The van der Waals surface area contributed by atoms with E-state index in [2.05, 4.69) is 6.07 Å². The van der Waals surface area contributed by atoms with Gasteiger partial charge in [0.15, 0.2) is 0 Å². The summed E-state index contributed by atoms with van der Waals surface area (Å²) in [7, 11) is -0.406. The third-order valence-electron chi connectivity index (χ3n) is 4.16. The van der Waals surface area contributed by atoms with Gasteiger partial charge in [0.05, 0.1) is 23.2 Å². The van der Waals surface area contributed by atoms with Crippen molar-refractivity contribution in [2.24, 2.45) is 0 Å². The standard InChI is InChI=1S/C15H20BNO2/c1-11(10-17)12-8-6-7-9-13(12)16-18-14(2,3)15(4,5)19-16/h6-9,11H,1-5H3. The SMILES string of the molecule is CC(C#N)c1ccccc1B1OC(C)(C)C(C)(C)O1. The van der Waals surface area contributed by atoms with E-state index in [-0.39, 0.29) is 17.1 Å². The van der Waals surface area contributed by atoms with Gasteiger partial charge < -0.3 is 9.31 Å². The van der Waals surface area contributed by atoms with E-state index in [4.69, 9.17) is 14.6 Å². The summed E-state index contributed by atoms with van der Waals surface area (Å²) in [6, 6.07) is 10.1. The molecule has 2 rings (SSSR count). The highest BCUT2D eigenvalue weighted by Gasteiger charge is 2.52. The van der Waals surface area contributed by atoms with Crippen molar-refractivity contribution in [1.29, 1.82) is 5.26 Å². The summed E-state index contributed by atoms with van der Waals surface area (Å²) in [5.74, 6) is -0.171. The molecular weight excluding hydrogens is 237 g/mol. The van der Waals surface area contributed by atoms with Crippen LogP contribution in [0.15, 0.2) is 24.3 Å². The topological polar surface area (TPSA) is 42.2 Å². The minimum absolute atomic E-state index is 0.171. The Morgan fingerprint density at radius 2 is 1.63 bits per heavy atom. The van der Waals surface area contributed by atoms with Gasteiger partial charge in [0.25, 0.3) is 0 Å². The highest BCUT2D eigenvalue weighted by Crippen LogP contribution is 2.36. The molecule has 0 radical (unpaired) electrons. The normalized spacial score (nSPS) is 22.0. The highest BCUT2D eigenvalue weighted by atomic mass is 16.7. The average molecular weight is 257 g/mol. The zero-order valence-electron chi connectivity index (χ0n) is 12.2. The molecule has 4 heteroatoms. The first-order valence-electron chi connectivity index (χ1n) is 6.62. The van der Waals surface area contributed by atoms with Gasteiger partial charge in [0.2, 0.25) is 0 Å². The number of nitrogens with zero attached hydrogens (tertiary/aromatic N) is 1. The van der Waals surface area contributed by atoms with Crippen LogP contribution in [0.2, 0.25) is 0 Å². The number of rotatable bonds is 2. The van der Waals surface area contributed by atoms with Crippen LogP contribution < -0.4 is 5.46 Å². The Labute approximate surface area is 115 Å². The van der Waals surface area contributed by atoms with Crippen LogP contribution in [0.25, 0.3) is 0 Å². The molecule has 1 unspecified atom stereocenters. The summed E-state index contributed by atoms with van der Waals surface area (Å²) in [5.41, 5.74) is 1.21. The number of hydrogen-bond donors (Lipinski definition) is 0. The lowest BCUT2D eigenvalue weighted by atomic mass is 9.73. The molecule has 100 valence electrons. The molecule has 0 amide bonds. The van der Waals surface area contributed by atoms with Gasteiger partial charge in [-0.1, -0.05) is 24.3 Å². The zero-order valence-corrected chi connectivity index (χ0v) is 12.2. The molecule has 1 aromatic carbocycles. The van der Waals surface area contributed by atoms with Gasteiger partial charge in [0, 0.05) is 0 Å². The molecule has 1 saturated heterocycles. The zero-order chi connectivity index (χ0) is 14.3. The first kappa shape index (κ1) is 14.1. The van der Waals surface area contributed by atoms with Gasteiger partial charge >= 0.3 is 7.12 Å². The fourth-order valence-electron chi connectivity index (χ4n) is 2.16. The fraction of sp³-hybridized carbons (Fsp3) is 0.533. The van der Waals surface area contributed by atoms with Crippen LogP contribution in [0.4, 0.5) is 0 Å². The Balaban J connectivity index is 2.38. The molecule has 1 heterocycles. The van der Waals surface area contributed by atoms with Crippen molar-refractivity contribution in [3.05, 3.63) is 29.8 Å². The molecule has 0 spiro atoms. The Morgan fingerprint density at radius 1 is 1.11 bits per heavy atom. The maximum absolute atomic E-state index is 9.13. The number of nitriles is 1. The van der Waals surface area contributed by atoms with Crippen LogP contribution in [-0.4, -0.2) is 18.3 Å². The molecule has 0 aliphatic carbocycles. The van der Waals surface area contributed by atoms with Gasteiger partial charge in [0.1, 0.15) is 0 Å². The third kappa shape index (κ3) is 2.41. The smallest absolute Gasteiger partial charge is 0.399 e. The van der Waals surface area contributed by atoms with Crippen LogP contribution in [-0.2, 0) is 9.31 Å². The molecule has 0 bridgehead atoms. The van der Waals surface area contributed by atoms with E-state index < -0.39 is 7.12 Å². The minimum Gasteiger partial charge on any atom is -0.399 e. The summed E-state index contributed by atoms with van der Waals surface area (Å²) in [4.78, 5) is 0. The molecule has 3 nitrogen and oxygen atoms in total. The Kier molecular flexibility index (Phi) is 3.46. The summed E-state index contributed by atoms with van der Waals surface area (Å²) in [6.45, 7) is 10.0. The third-order valence-corrected chi connectivity index (χ3v) is 4.16. The predicted octanol–water partition coefficient (Wildman–Crippen LogP) is 2.61. The van der Waals surface area contributed by atoms with E-state index in [1.165, 1.54) is 0 Å². The van der Waals surface area contributed by atoms with Gasteiger partial charge in [-0.3, -0.25) is 0 Å². The van der Waals surface area contributed by atoms with E-state index in [0.717, 1.165) is 11.0 Å². The molecule has 1 fully saturated rings. The molecule has 19 heavy (non-hydrogen) atoms. The van der Waals surface area contributed by atoms with E-state index >= 15 is 0 Å². The van der Waals surface area contributed by atoms with Crippen molar-refractivity contribution in [3.63, 3.8) is 0 Å². The Morgan fingerprint density at radius 3 is 2.16 bits per heavy atom. The molecule has 1 aliphatic heterocycles. The van der Waals surface area contributed by atoms with Crippen molar-refractivity contribution in [1.82, 2.24) is 0 Å². The van der Waals surface area contributed by atoms with Crippen LogP contribution in [0, 0.1) is 11.3 Å². The minimum atomic E-state index is -0.406. The molecule has 1 aliphatic rings. The van der Waals surface area contributed by atoms with Crippen molar-refractivity contribution in [2.75, 3.05) is 0 Å². The summed E-state index contributed by atoms with van der Waals surface area (Å²) in [5, 5.41) is 9.13. The van der Waals surface area contributed by atoms with Crippen molar-refractivity contribution in [3.8, 4) is 6.07 Å². The van der Waals surface area contributed by atoms with Gasteiger partial charge in [-0.05, 0) is 45.6 Å². The number of hydrogen-bond acceptors (Lipinski definition) is 3. The van der Waals surface area contributed by atoms with Gasteiger partial charge in [-0.15, -0.1) is 0 Å². The van der Waals surface area contributed by atoms with E-state index in [1.54, 1.807) is 0 Å². The first-order chi connectivity index (χ1) is 8.78. The second kappa shape index (κ2) is 4.66. The lowest BCUT2D eigenvalue weighted by Gasteiger charge is -2.32. The highest BCUT2D eigenvalue weighted by molar-refractivity contribution is 6.62. The number of benzene rings is 1. The van der Waals surface area contributed by atoms with Crippen molar-refractivity contribution >= 4 is 12.6 Å². The van der Waals surface area contributed by atoms with E-state index in [9.17, 15) is 0 Å². The van der Waals surface area contributed by atoms with E-state index in [1.807, 2.05) is 58.9 Å². The average Bonchev–Trinajstić information content (AvgIpc) is 2.57. The van der Waals surface area contributed by atoms with Gasteiger partial charge in [-0.2, -0.15) is 5.26 Å². The Hall–Kier alpha value is -1.31. The molecule has 0 aromatic heterocycles. The monoisotopic (exact) mass is 257 g/mol. The lowest BCUT2D eigenvalue weighted by molar-refractivity contribution is 0.00578. The fourth-order valence-corrected chi connectivity index (χ4v) is 2.16. The summed E-state index contributed by atoms with van der Waals surface area (Å²) < 4.78 is 12.1. The van der Waals surface area contributed by atoms with Crippen molar-refractivity contribution < 1.29 is 9.31 Å². The van der Waals surface area contributed by atoms with Gasteiger partial charge in [-0.25, -0.2) is 0 Å². The second-order valence-electron chi connectivity index (χ2n) is 6.07. The quantitative estimate of drug-likeness (QED) is 0.765. The van der Waals surface area contributed by atoms with Crippen molar-refractivity contribution in [2.45, 2.75) is 51.7 Å². The molecule has 1 atom stereocenters. The van der Waals surface area contributed by atoms with Crippen LogP contribution >= 0.6 is 0 Å². The van der Waals surface area contributed by atoms with E-state index in [0.29, 0.717) is 0 Å². The molecular formula is C15H20BNO2. The second-order valence-corrected chi connectivity index (χ2v) is 6.07. The summed E-state index contributed by atoms with van der Waals surface area (Å²) >= 11 is 0. The first-order valence-corrected chi connectivity index (χ1v) is 6.62. The largest absolute Gasteiger partial charge is 0.495 e. The Bertz CT molecular complexity index is 503. The predicted molar refractivity (Wildman–Crippen MR) is 76.2 cm³/mol. The van der Waals surface area contributed by atoms with Crippen LogP contribution in [0.1, 0.15) is 46.1 Å². The molecule has 0 N–H and O–H groups in total. The summed E-state index contributed by atoms with van der Waals surface area (Å²) in [6.07, 6.45) is 0. The van der Waals surface area contributed by atoms with Crippen LogP contribution in [0.5, 0.6) is 0 Å². The van der Waals surface area contributed by atoms with Crippen LogP contribution in [0.3, 0.4) is 0 Å². The maximum Gasteiger partial charge on any atom is 0.495 e. The molecule has 1 aromatic rings.